The molecule has 2 amide bonds. The van der Waals surface area contributed by atoms with Crippen LogP contribution in [0.5, 0.6) is 0 Å². The second-order valence-electron chi connectivity index (χ2n) is 7.55. The number of aryl methyl sites for hydroxylation is 1. The number of rotatable bonds is 7. The van der Waals surface area contributed by atoms with Gasteiger partial charge in [0.15, 0.2) is 0 Å². The fourth-order valence-corrected chi connectivity index (χ4v) is 5.11. The van der Waals surface area contributed by atoms with Gasteiger partial charge in [-0.05, 0) is 48.5 Å². The second kappa shape index (κ2) is 10.1. The maximum absolute atomic E-state index is 12.9. The molecule has 4 rings (SSSR count). The number of nitro benzene ring substituents is 2. The van der Waals surface area contributed by atoms with Crippen LogP contribution in [0.4, 0.5) is 16.2 Å². The number of imide groups is 1. The van der Waals surface area contributed by atoms with Crippen LogP contribution >= 0.6 is 23.5 Å². The lowest BCUT2D eigenvalue weighted by Gasteiger charge is -2.12. The first-order valence-corrected chi connectivity index (χ1v) is 11.9. The number of amides is 2. The van der Waals surface area contributed by atoms with E-state index in [1.807, 2.05) is 31.2 Å². The smallest absolute Gasteiger partial charge is 0.268 e. The van der Waals surface area contributed by atoms with E-state index < -0.39 is 21.0 Å². The number of carbonyl (C=O) groups excluding carboxylic acids is 2. The van der Waals surface area contributed by atoms with Crippen LogP contribution < -0.4 is 0 Å². The highest BCUT2D eigenvalue weighted by molar-refractivity contribution is 8.18. The SMILES string of the molecule is Cc1ccc(Sc2ccc(C=C3SC(=O)N(Cc4ccccc4[N+](=O)[O-])C3=O)cc2[N+](=O)[O-])cc1. The lowest BCUT2D eigenvalue weighted by Crippen LogP contribution is -2.27. The largest absolute Gasteiger partial charge is 0.293 e. The van der Waals surface area contributed by atoms with E-state index in [1.165, 1.54) is 42.1 Å². The van der Waals surface area contributed by atoms with E-state index in [0.29, 0.717) is 22.2 Å². The molecule has 0 aliphatic carbocycles. The average Bonchev–Trinajstić information content (AvgIpc) is 3.08. The average molecular weight is 508 g/mol. The van der Waals surface area contributed by atoms with Gasteiger partial charge in [-0.15, -0.1) is 0 Å². The van der Waals surface area contributed by atoms with Crippen molar-refractivity contribution < 1.29 is 19.4 Å². The van der Waals surface area contributed by atoms with Crippen LogP contribution in [-0.4, -0.2) is 25.9 Å². The Hall–Kier alpha value is -3.96. The summed E-state index contributed by atoms with van der Waals surface area (Å²) < 4.78 is 0. The Bertz CT molecular complexity index is 1390. The molecule has 0 N–H and O–H groups in total. The third kappa shape index (κ3) is 5.42. The van der Waals surface area contributed by atoms with Crippen molar-refractivity contribution in [3.8, 4) is 0 Å². The maximum Gasteiger partial charge on any atom is 0.293 e. The van der Waals surface area contributed by atoms with E-state index in [9.17, 15) is 29.8 Å². The third-order valence-electron chi connectivity index (χ3n) is 5.12. The van der Waals surface area contributed by atoms with Crippen molar-refractivity contribution in [3.63, 3.8) is 0 Å². The zero-order chi connectivity index (χ0) is 25.1. The molecule has 1 heterocycles. The zero-order valence-electron chi connectivity index (χ0n) is 18.2. The summed E-state index contributed by atoms with van der Waals surface area (Å²) in [5, 5.41) is 22.4. The molecule has 0 bridgehead atoms. The second-order valence-corrected chi connectivity index (χ2v) is 9.66. The first-order chi connectivity index (χ1) is 16.7. The van der Waals surface area contributed by atoms with Gasteiger partial charge in [0.1, 0.15) is 0 Å². The zero-order valence-corrected chi connectivity index (χ0v) is 19.9. The minimum atomic E-state index is -0.612. The minimum absolute atomic E-state index is 0.0850. The molecule has 0 spiro atoms. The van der Waals surface area contributed by atoms with Crippen LogP contribution in [0.2, 0.25) is 0 Å². The Kier molecular flexibility index (Phi) is 6.99. The van der Waals surface area contributed by atoms with Gasteiger partial charge in [0.05, 0.1) is 26.2 Å². The molecule has 1 aliphatic rings. The fourth-order valence-electron chi connectivity index (χ4n) is 3.37. The summed E-state index contributed by atoms with van der Waals surface area (Å²) in [5.41, 5.74) is 1.39. The molecular formula is C24H17N3O6S2. The van der Waals surface area contributed by atoms with Gasteiger partial charge in [0.25, 0.3) is 22.5 Å². The summed E-state index contributed by atoms with van der Waals surface area (Å²) in [6, 6.07) is 18.1. The molecular weight excluding hydrogens is 490 g/mol. The Morgan fingerprint density at radius 1 is 0.943 bits per heavy atom. The van der Waals surface area contributed by atoms with Crippen molar-refractivity contribution in [2.75, 3.05) is 0 Å². The number of hydrogen-bond donors (Lipinski definition) is 0. The molecule has 35 heavy (non-hydrogen) atoms. The molecule has 3 aromatic rings. The van der Waals surface area contributed by atoms with Crippen molar-refractivity contribution >= 4 is 52.1 Å². The summed E-state index contributed by atoms with van der Waals surface area (Å²) >= 11 is 1.94. The Labute approximate surface area is 208 Å². The van der Waals surface area contributed by atoms with Gasteiger partial charge in [-0.25, -0.2) is 0 Å². The van der Waals surface area contributed by atoms with Crippen molar-refractivity contribution in [1.82, 2.24) is 4.90 Å². The molecule has 0 saturated carbocycles. The number of carbonyl (C=O) groups is 2. The summed E-state index contributed by atoms with van der Waals surface area (Å²) in [4.78, 5) is 49.5. The van der Waals surface area contributed by atoms with Gasteiger partial charge < -0.3 is 0 Å². The number of thioether (sulfide) groups is 1. The van der Waals surface area contributed by atoms with E-state index in [4.69, 9.17) is 0 Å². The van der Waals surface area contributed by atoms with Gasteiger partial charge in [0, 0.05) is 22.6 Å². The van der Waals surface area contributed by atoms with Gasteiger partial charge in [-0.3, -0.25) is 34.7 Å². The first-order valence-electron chi connectivity index (χ1n) is 10.2. The predicted octanol–water partition coefficient (Wildman–Crippen LogP) is 6.20. The van der Waals surface area contributed by atoms with Crippen molar-refractivity contribution in [1.29, 1.82) is 0 Å². The number of benzene rings is 3. The van der Waals surface area contributed by atoms with Crippen LogP contribution in [0, 0.1) is 27.2 Å². The van der Waals surface area contributed by atoms with Crippen LogP contribution in [0.3, 0.4) is 0 Å². The molecule has 3 aromatic carbocycles. The molecule has 176 valence electrons. The van der Waals surface area contributed by atoms with Gasteiger partial charge >= 0.3 is 0 Å². The van der Waals surface area contributed by atoms with Gasteiger partial charge in [-0.2, -0.15) is 0 Å². The molecule has 0 radical (unpaired) electrons. The van der Waals surface area contributed by atoms with E-state index in [0.717, 1.165) is 15.4 Å². The standard InChI is InChI=1S/C24H17N3O6S2/c1-15-6-9-18(10-7-15)34-21-11-8-16(12-20(21)27(32)33)13-22-23(28)25(24(29)35-22)14-17-4-2-3-5-19(17)26(30)31/h2-13H,14H2,1H3. The Balaban J connectivity index is 1.58. The highest BCUT2D eigenvalue weighted by Gasteiger charge is 2.36. The van der Waals surface area contributed by atoms with Crippen LogP contribution in [0.1, 0.15) is 16.7 Å². The van der Waals surface area contributed by atoms with E-state index in [2.05, 4.69) is 0 Å². The Morgan fingerprint density at radius 2 is 1.63 bits per heavy atom. The quantitative estimate of drug-likeness (QED) is 0.210. The number of para-hydroxylation sites is 1. The fraction of sp³-hybridized carbons (Fsp3) is 0.0833. The Morgan fingerprint density at radius 3 is 2.31 bits per heavy atom. The number of nitrogens with zero attached hydrogens (tertiary/aromatic N) is 3. The third-order valence-corrected chi connectivity index (χ3v) is 7.10. The molecule has 1 fully saturated rings. The van der Waals surface area contributed by atoms with Crippen LogP contribution in [0.15, 0.2) is 81.4 Å². The molecule has 9 nitrogen and oxygen atoms in total. The van der Waals surface area contributed by atoms with Crippen molar-refractivity contribution in [3.05, 3.63) is 109 Å². The molecule has 0 atom stereocenters. The molecule has 1 aliphatic heterocycles. The molecule has 0 aromatic heterocycles. The highest BCUT2D eigenvalue weighted by atomic mass is 32.2. The molecule has 0 unspecified atom stereocenters. The van der Waals surface area contributed by atoms with E-state index in [-0.39, 0.29) is 28.4 Å². The van der Waals surface area contributed by atoms with Gasteiger partial charge in [-0.1, -0.05) is 53.7 Å². The normalized spacial score (nSPS) is 14.5. The summed E-state index contributed by atoms with van der Waals surface area (Å²) in [6.07, 6.45) is 1.41. The number of nitro groups is 2. The van der Waals surface area contributed by atoms with Crippen molar-refractivity contribution in [2.24, 2.45) is 0 Å². The minimum Gasteiger partial charge on any atom is -0.268 e. The van der Waals surface area contributed by atoms with Crippen LogP contribution in [0.25, 0.3) is 6.08 Å². The van der Waals surface area contributed by atoms with Gasteiger partial charge in [0.2, 0.25) is 0 Å². The van der Waals surface area contributed by atoms with E-state index >= 15 is 0 Å². The maximum atomic E-state index is 12.9. The van der Waals surface area contributed by atoms with Crippen LogP contribution in [-0.2, 0) is 11.3 Å². The monoisotopic (exact) mass is 507 g/mol. The number of hydrogen-bond acceptors (Lipinski definition) is 8. The first kappa shape index (κ1) is 24.2. The van der Waals surface area contributed by atoms with Crippen molar-refractivity contribution in [2.45, 2.75) is 23.3 Å². The summed E-state index contributed by atoms with van der Waals surface area (Å²) in [5.74, 6) is -0.612. The summed E-state index contributed by atoms with van der Waals surface area (Å²) in [7, 11) is 0. The topological polar surface area (TPSA) is 124 Å². The lowest BCUT2D eigenvalue weighted by molar-refractivity contribution is -0.387. The molecule has 11 heteroatoms. The molecule has 1 saturated heterocycles. The van der Waals surface area contributed by atoms with E-state index in [1.54, 1.807) is 18.2 Å². The predicted molar refractivity (Wildman–Crippen MR) is 133 cm³/mol. The highest BCUT2D eigenvalue weighted by Crippen LogP contribution is 2.38. The summed E-state index contributed by atoms with van der Waals surface area (Å²) in [6.45, 7) is 1.71. The lowest BCUT2D eigenvalue weighted by atomic mass is 10.1.